The Hall–Kier alpha value is -1.79. The van der Waals surface area contributed by atoms with Gasteiger partial charge in [0.2, 0.25) is 0 Å². The molecule has 0 radical (unpaired) electrons. The molecule has 0 fully saturated rings. The molecule has 0 aliphatic heterocycles. The molecular formula is C14H22N6. The molecule has 1 aromatic heterocycles. The quantitative estimate of drug-likeness (QED) is 0.730. The Kier molecular flexibility index (Phi) is 5.64. The molecule has 0 aliphatic rings. The second kappa shape index (κ2) is 7.72. The van der Waals surface area contributed by atoms with E-state index in [-0.39, 0.29) is 0 Å². The van der Waals surface area contributed by atoms with Crippen LogP contribution in [0.1, 0.15) is 18.7 Å². The molecule has 0 bridgehead atoms. The van der Waals surface area contributed by atoms with Gasteiger partial charge in [0.15, 0.2) is 5.82 Å². The van der Waals surface area contributed by atoms with Crippen LogP contribution in [-0.2, 0) is 6.54 Å². The molecule has 2 aromatic rings. The zero-order chi connectivity index (χ0) is 14.2. The highest BCUT2D eigenvalue weighted by molar-refractivity contribution is 5.30. The summed E-state index contributed by atoms with van der Waals surface area (Å²) in [5, 5.41) is 15.2. The first kappa shape index (κ1) is 14.6. The number of nitrogens with zero attached hydrogens (tertiary/aromatic N) is 5. The minimum Gasteiger partial charge on any atom is -0.310 e. The largest absolute Gasteiger partial charge is 0.310 e. The van der Waals surface area contributed by atoms with E-state index in [1.807, 2.05) is 30.3 Å². The van der Waals surface area contributed by atoms with Crippen molar-refractivity contribution >= 4 is 0 Å². The van der Waals surface area contributed by atoms with Crippen molar-refractivity contribution in [2.45, 2.75) is 19.4 Å². The highest BCUT2D eigenvalue weighted by Crippen LogP contribution is 2.06. The predicted octanol–water partition coefficient (Wildman–Crippen LogP) is 1.09. The van der Waals surface area contributed by atoms with Gasteiger partial charge in [-0.15, -0.1) is 5.10 Å². The molecular weight excluding hydrogens is 252 g/mol. The molecule has 108 valence electrons. The van der Waals surface area contributed by atoms with Gasteiger partial charge in [-0.1, -0.05) is 18.2 Å². The molecule has 6 nitrogen and oxygen atoms in total. The van der Waals surface area contributed by atoms with Crippen LogP contribution in [0.4, 0.5) is 0 Å². The van der Waals surface area contributed by atoms with Crippen LogP contribution in [0.25, 0.3) is 5.69 Å². The lowest BCUT2D eigenvalue weighted by atomic mass is 10.3. The molecule has 1 N–H and O–H groups in total. The van der Waals surface area contributed by atoms with Gasteiger partial charge in [0.05, 0.1) is 12.2 Å². The molecule has 0 unspecified atom stereocenters. The van der Waals surface area contributed by atoms with Crippen LogP contribution in [0.3, 0.4) is 0 Å². The normalized spacial score (nSPS) is 11.2. The predicted molar refractivity (Wildman–Crippen MR) is 78.6 cm³/mol. The number of tetrazole rings is 1. The average molecular weight is 274 g/mol. The number of hydrogen-bond donors (Lipinski definition) is 1. The summed E-state index contributed by atoms with van der Waals surface area (Å²) in [7, 11) is 4.20. The van der Waals surface area contributed by atoms with Crippen molar-refractivity contribution < 1.29 is 0 Å². The topological polar surface area (TPSA) is 58.9 Å². The van der Waals surface area contributed by atoms with Crippen LogP contribution >= 0.6 is 0 Å². The monoisotopic (exact) mass is 274 g/mol. The van der Waals surface area contributed by atoms with E-state index in [9.17, 15) is 0 Å². The van der Waals surface area contributed by atoms with Crippen molar-refractivity contribution in [3.05, 3.63) is 36.2 Å². The van der Waals surface area contributed by atoms with Gasteiger partial charge in [-0.25, -0.2) is 0 Å². The third-order valence-electron chi connectivity index (χ3n) is 3.03. The molecule has 1 aromatic carbocycles. The van der Waals surface area contributed by atoms with Crippen LogP contribution in [0, 0.1) is 0 Å². The van der Waals surface area contributed by atoms with E-state index in [2.05, 4.69) is 39.8 Å². The summed E-state index contributed by atoms with van der Waals surface area (Å²) in [5.41, 5.74) is 0.988. The van der Waals surface area contributed by atoms with Crippen molar-refractivity contribution in [2.75, 3.05) is 27.2 Å². The van der Waals surface area contributed by atoms with Crippen molar-refractivity contribution in [2.24, 2.45) is 0 Å². The molecule has 0 aliphatic carbocycles. The highest BCUT2D eigenvalue weighted by Gasteiger charge is 2.06. The second-order valence-electron chi connectivity index (χ2n) is 5.03. The summed E-state index contributed by atoms with van der Waals surface area (Å²) in [6, 6.07) is 9.94. The van der Waals surface area contributed by atoms with Gasteiger partial charge >= 0.3 is 0 Å². The van der Waals surface area contributed by atoms with Gasteiger partial charge < -0.3 is 10.2 Å². The zero-order valence-corrected chi connectivity index (χ0v) is 12.2. The Labute approximate surface area is 119 Å². The van der Waals surface area contributed by atoms with E-state index in [0.29, 0.717) is 6.54 Å². The molecule has 0 saturated carbocycles. The number of nitrogens with one attached hydrogen (secondary N) is 1. The van der Waals surface area contributed by atoms with E-state index in [1.54, 1.807) is 4.68 Å². The summed E-state index contributed by atoms with van der Waals surface area (Å²) in [4.78, 5) is 2.20. The van der Waals surface area contributed by atoms with E-state index in [4.69, 9.17) is 0 Å². The molecule has 0 spiro atoms. The molecule has 0 amide bonds. The summed E-state index contributed by atoms with van der Waals surface area (Å²) >= 11 is 0. The maximum Gasteiger partial charge on any atom is 0.170 e. The number of rotatable bonds is 8. The van der Waals surface area contributed by atoms with Gasteiger partial charge in [0, 0.05) is 0 Å². The van der Waals surface area contributed by atoms with Crippen LogP contribution in [0.2, 0.25) is 0 Å². The molecule has 6 heteroatoms. The lowest BCUT2D eigenvalue weighted by Gasteiger charge is -2.09. The SMILES string of the molecule is CN(C)CCCCNCc1nnnn1-c1ccccc1. The van der Waals surface area contributed by atoms with Gasteiger partial charge in [0.25, 0.3) is 0 Å². The molecule has 0 saturated heterocycles. The van der Waals surface area contributed by atoms with Gasteiger partial charge in [-0.2, -0.15) is 4.68 Å². The number of aromatic nitrogens is 4. The van der Waals surface area contributed by atoms with Gasteiger partial charge in [-0.05, 0) is 62.6 Å². The van der Waals surface area contributed by atoms with Crippen molar-refractivity contribution in [1.82, 2.24) is 30.4 Å². The Morgan fingerprint density at radius 3 is 2.70 bits per heavy atom. The van der Waals surface area contributed by atoms with Crippen molar-refractivity contribution in [3.8, 4) is 5.69 Å². The first-order valence-corrected chi connectivity index (χ1v) is 6.95. The van der Waals surface area contributed by atoms with Crippen molar-refractivity contribution in [3.63, 3.8) is 0 Å². The number of hydrogen-bond acceptors (Lipinski definition) is 5. The van der Waals surface area contributed by atoms with Crippen LogP contribution in [0.15, 0.2) is 30.3 Å². The minimum absolute atomic E-state index is 0.684. The Morgan fingerprint density at radius 2 is 1.95 bits per heavy atom. The summed E-state index contributed by atoms with van der Waals surface area (Å²) in [5.74, 6) is 0.837. The molecule has 20 heavy (non-hydrogen) atoms. The third kappa shape index (κ3) is 4.40. The van der Waals surface area contributed by atoms with Crippen molar-refractivity contribution in [1.29, 1.82) is 0 Å². The lowest BCUT2D eigenvalue weighted by molar-refractivity contribution is 0.391. The van der Waals surface area contributed by atoms with Crippen LogP contribution in [0.5, 0.6) is 0 Å². The number of benzene rings is 1. The number of unbranched alkanes of at least 4 members (excludes halogenated alkanes) is 1. The summed E-state index contributed by atoms with van der Waals surface area (Å²) < 4.78 is 1.77. The zero-order valence-electron chi connectivity index (χ0n) is 12.2. The van der Waals surface area contributed by atoms with Gasteiger partial charge in [0.1, 0.15) is 0 Å². The summed E-state index contributed by atoms with van der Waals surface area (Å²) in [6.45, 7) is 2.79. The summed E-state index contributed by atoms with van der Waals surface area (Å²) in [6.07, 6.45) is 2.36. The van der Waals surface area contributed by atoms with Gasteiger partial charge in [-0.3, -0.25) is 0 Å². The lowest BCUT2D eigenvalue weighted by Crippen LogP contribution is -2.20. The maximum atomic E-state index is 4.07. The molecule has 0 atom stereocenters. The first-order valence-electron chi connectivity index (χ1n) is 6.95. The van der Waals surface area contributed by atoms with E-state index < -0.39 is 0 Å². The standard InChI is InChI=1S/C14H22N6/c1-19(2)11-7-6-10-15-12-14-16-17-18-20(14)13-8-4-3-5-9-13/h3-5,8-9,15H,6-7,10-12H2,1-2H3. The smallest absolute Gasteiger partial charge is 0.170 e. The molecule has 2 rings (SSSR count). The fourth-order valence-electron chi connectivity index (χ4n) is 1.96. The van der Waals surface area contributed by atoms with E-state index in [1.165, 1.54) is 6.42 Å². The Morgan fingerprint density at radius 1 is 1.15 bits per heavy atom. The highest BCUT2D eigenvalue weighted by atomic mass is 15.5. The Bertz CT molecular complexity index is 493. The fourth-order valence-corrected chi connectivity index (χ4v) is 1.96. The number of para-hydroxylation sites is 1. The Balaban J connectivity index is 1.78. The minimum atomic E-state index is 0.684. The van der Waals surface area contributed by atoms with E-state index >= 15 is 0 Å². The first-order chi connectivity index (χ1) is 9.77. The third-order valence-corrected chi connectivity index (χ3v) is 3.03. The fraction of sp³-hybridized carbons (Fsp3) is 0.500. The average Bonchev–Trinajstić information content (AvgIpc) is 2.92. The second-order valence-corrected chi connectivity index (χ2v) is 5.03. The van der Waals surface area contributed by atoms with Crippen LogP contribution < -0.4 is 5.32 Å². The van der Waals surface area contributed by atoms with Crippen LogP contribution in [-0.4, -0.2) is 52.3 Å². The molecule has 1 heterocycles. The maximum absolute atomic E-state index is 4.07. The van der Waals surface area contributed by atoms with E-state index in [0.717, 1.165) is 31.0 Å².